The van der Waals surface area contributed by atoms with Crippen LogP contribution in [0.15, 0.2) is 53.6 Å². The summed E-state index contributed by atoms with van der Waals surface area (Å²) in [7, 11) is 1.48. The summed E-state index contributed by atoms with van der Waals surface area (Å²) in [4.78, 5) is 24.4. The fourth-order valence-electron chi connectivity index (χ4n) is 8.36. The van der Waals surface area contributed by atoms with Crippen LogP contribution in [0.25, 0.3) is 0 Å². The van der Waals surface area contributed by atoms with Gasteiger partial charge in [0.25, 0.3) is 0 Å². The number of hydrogen-bond donors (Lipinski definition) is 0. The molecule has 2 fully saturated rings. The molecular formula is C32H42O4. The molecule has 0 unspecified atom stereocenters. The first-order valence-electron chi connectivity index (χ1n) is 14.0. The third-order valence-corrected chi connectivity index (χ3v) is 10.4. The number of hydrogen-bond acceptors (Lipinski definition) is 4. The van der Waals surface area contributed by atoms with E-state index in [-0.39, 0.29) is 28.9 Å². The van der Waals surface area contributed by atoms with E-state index in [1.165, 1.54) is 20.0 Å². The van der Waals surface area contributed by atoms with E-state index in [0.29, 0.717) is 35.7 Å². The summed E-state index contributed by atoms with van der Waals surface area (Å²) in [5, 5.41) is 0. The van der Waals surface area contributed by atoms with Crippen LogP contribution < -0.4 is 0 Å². The van der Waals surface area contributed by atoms with Crippen LogP contribution in [0.3, 0.4) is 0 Å². The average Bonchev–Trinajstić information content (AvgIpc) is 3.25. The molecule has 0 bridgehead atoms. The van der Waals surface area contributed by atoms with Crippen LogP contribution >= 0.6 is 0 Å². The fraction of sp³-hybridized carbons (Fsp3) is 0.625. The van der Waals surface area contributed by atoms with Crippen molar-refractivity contribution in [3.8, 4) is 0 Å². The van der Waals surface area contributed by atoms with Crippen molar-refractivity contribution in [3.63, 3.8) is 0 Å². The lowest BCUT2D eigenvalue weighted by Gasteiger charge is -2.57. The second kappa shape index (κ2) is 9.84. The van der Waals surface area contributed by atoms with Gasteiger partial charge in [0.2, 0.25) is 0 Å². The molecule has 0 spiro atoms. The Morgan fingerprint density at radius 1 is 1.06 bits per heavy atom. The van der Waals surface area contributed by atoms with Crippen molar-refractivity contribution >= 4 is 11.9 Å². The van der Waals surface area contributed by atoms with Crippen molar-refractivity contribution in [3.05, 3.63) is 59.2 Å². The summed E-state index contributed by atoms with van der Waals surface area (Å²) < 4.78 is 10.9. The lowest BCUT2D eigenvalue weighted by Crippen LogP contribution is -2.48. The van der Waals surface area contributed by atoms with Crippen LogP contribution in [0.1, 0.15) is 88.9 Å². The van der Waals surface area contributed by atoms with E-state index in [9.17, 15) is 9.59 Å². The Hall–Kier alpha value is -2.36. The fourth-order valence-corrected chi connectivity index (χ4v) is 8.36. The molecule has 36 heavy (non-hydrogen) atoms. The molecular weight excluding hydrogens is 448 g/mol. The van der Waals surface area contributed by atoms with Gasteiger partial charge in [0, 0.05) is 6.42 Å². The maximum absolute atomic E-state index is 12.7. The quantitative estimate of drug-likeness (QED) is 0.310. The van der Waals surface area contributed by atoms with Gasteiger partial charge in [-0.3, -0.25) is 4.79 Å². The largest absolute Gasteiger partial charge is 0.469 e. The highest BCUT2D eigenvalue weighted by molar-refractivity contribution is 5.89. The van der Waals surface area contributed by atoms with Crippen molar-refractivity contribution in [2.45, 2.75) is 84.7 Å². The Morgan fingerprint density at radius 3 is 2.58 bits per heavy atom. The molecule has 7 atom stereocenters. The van der Waals surface area contributed by atoms with E-state index in [1.807, 2.05) is 30.3 Å². The Morgan fingerprint density at radius 2 is 1.83 bits per heavy atom. The Balaban J connectivity index is 1.27. The van der Waals surface area contributed by atoms with Crippen molar-refractivity contribution < 1.29 is 19.1 Å². The zero-order chi connectivity index (χ0) is 25.5. The van der Waals surface area contributed by atoms with Crippen LogP contribution in [0, 0.1) is 34.5 Å². The molecule has 4 nitrogen and oxygen atoms in total. The van der Waals surface area contributed by atoms with Gasteiger partial charge in [0.1, 0.15) is 6.10 Å². The molecule has 0 aliphatic heterocycles. The first-order valence-corrected chi connectivity index (χ1v) is 14.0. The molecule has 194 valence electrons. The third-order valence-electron chi connectivity index (χ3n) is 10.4. The van der Waals surface area contributed by atoms with E-state index in [2.05, 4.69) is 32.9 Å². The maximum Gasteiger partial charge on any atom is 0.338 e. The van der Waals surface area contributed by atoms with Crippen LogP contribution in [-0.2, 0) is 14.3 Å². The predicted molar refractivity (Wildman–Crippen MR) is 141 cm³/mol. The molecule has 0 radical (unpaired) electrons. The van der Waals surface area contributed by atoms with Crippen LogP contribution in [0.2, 0.25) is 0 Å². The monoisotopic (exact) mass is 490 g/mol. The molecule has 4 heteroatoms. The lowest BCUT2D eigenvalue weighted by atomic mass is 9.48. The lowest BCUT2D eigenvalue weighted by molar-refractivity contribution is -0.140. The van der Waals surface area contributed by atoms with Gasteiger partial charge in [-0.1, -0.05) is 62.3 Å². The zero-order valence-corrected chi connectivity index (χ0v) is 22.4. The van der Waals surface area contributed by atoms with Gasteiger partial charge in [-0.2, -0.15) is 0 Å². The van der Waals surface area contributed by atoms with Crippen molar-refractivity contribution in [1.29, 1.82) is 0 Å². The molecule has 4 aliphatic rings. The van der Waals surface area contributed by atoms with Gasteiger partial charge < -0.3 is 9.47 Å². The molecule has 1 aromatic rings. The van der Waals surface area contributed by atoms with Gasteiger partial charge in [0.15, 0.2) is 0 Å². The molecule has 0 saturated heterocycles. The Bertz CT molecular complexity index is 1060. The second-order valence-corrected chi connectivity index (χ2v) is 12.3. The Labute approximate surface area is 216 Å². The molecule has 0 amide bonds. The molecule has 0 heterocycles. The number of allylic oxidation sites excluding steroid dienone is 4. The van der Waals surface area contributed by atoms with Gasteiger partial charge in [-0.05, 0) is 98.0 Å². The van der Waals surface area contributed by atoms with E-state index < -0.39 is 0 Å². The number of rotatable bonds is 6. The van der Waals surface area contributed by atoms with Crippen molar-refractivity contribution in [2.24, 2.45) is 34.5 Å². The summed E-state index contributed by atoms with van der Waals surface area (Å²) in [6.07, 6.45) is 14.3. The summed E-state index contributed by atoms with van der Waals surface area (Å²) in [6.45, 7) is 7.26. The van der Waals surface area contributed by atoms with Gasteiger partial charge >= 0.3 is 11.9 Å². The molecule has 2 saturated carbocycles. The second-order valence-electron chi connectivity index (χ2n) is 12.3. The number of ether oxygens (including phenoxy) is 2. The Kier molecular flexibility index (Phi) is 6.91. The number of carbonyl (C=O) groups is 2. The normalized spacial score (nSPS) is 35.9. The number of methoxy groups -OCH3 is 1. The minimum atomic E-state index is -0.184. The molecule has 1 aromatic carbocycles. The van der Waals surface area contributed by atoms with E-state index in [4.69, 9.17) is 9.47 Å². The standard InChI is InChI=1S/C32H42O4/c1-21(10-15-29(33)35-4)26-13-14-27-25-12-11-23-20-24(36-30(34)22-8-6-5-7-9-22)16-18-31(23,2)28(25)17-19-32(26,27)3/h5-9,13,17,21,23-25,27H,10-12,14-16,18-20H2,1-4H3/t21-,23-,24-,25+,27+,31+,32-/m1/s1. The first-order chi connectivity index (χ1) is 17.3. The molecule has 0 N–H and O–H groups in total. The van der Waals surface area contributed by atoms with Crippen LogP contribution in [-0.4, -0.2) is 25.2 Å². The highest BCUT2D eigenvalue weighted by Gasteiger charge is 2.55. The number of esters is 2. The van der Waals surface area contributed by atoms with Gasteiger partial charge in [0.05, 0.1) is 12.7 Å². The smallest absolute Gasteiger partial charge is 0.338 e. The first kappa shape index (κ1) is 25.3. The van der Waals surface area contributed by atoms with Crippen molar-refractivity contribution in [1.82, 2.24) is 0 Å². The summed E-state index contributed by atoms with van der Waals surface area (Å²) in [6, 6.07) is 9.38. The topological polar surface area (TPSA) is 52.6 Å². The van der Waals surface area contributed by atoms with Crippen LogP contribution in [0.4, 0.5) is 0 Å². The van der Waals surface area contributed by atoms with Gasteiger partial charge in [-0.25, -0.2) is 4.79 Å². The molecule has 5 rings (SSSR count). The van der Waals surface area contributed by atoms with Gasteiger partial charge in [-0.15, -0.1) is 0 Å². The third kappa shape index (κ3) is 4.35. The van der Waals surface area contributed by atoms with Crippen LogP contribution in [0.5, 0.6) is 0 Å². The number of fused-ring (bicyclic) bond motifs is 5. The summed E-state index contributed by atoms with van der Waals surface area (Å²) in [5.41, 5.74) is 4.34. The predicted octanol–water partition coefficient (Wildman–Crippen LogP) is 7.30. The number of carbonyl (C=O) groups excluding carboxylic acids is 2. The highest BCUT2D eigenvalue weighted by Crippen LogP contribution is 2.65. The van der Waals surface area contributed by atoms with E-state index in [1.54, 1.807) is 11.1 Å². The summed E-state index contributed by atoms with van der Waals surface area (Å²) in [5.74, 6) is 2.02. The van der Waals surface area contributed by atoms with E-state index in [0.717, 1.165) is 38.5 Å². The highest BCUT2D eigenvalue weighted by atomic mass is 16.5. The van der Waals surface area contributed by atoms with E-state index >= 15 is 0 Å². The summed E-state index contributed by atoms with van der Waals surface area (Å²) >= 11 is 0. The minimum absolute atomic E-state index is 0.0252. The number of benzene rings is 1. The maximum atomic E-state index is 12.7. The zero-order valence-electron chi connectivity index (χ0n) is 22.4. The SMILES string of the molecule is COC(=O)CC[C@@H](C)C1=CC[C@H]2[C@@H]3CC[C@@H]4C[C@H](OC(=O)c5ccccc5)CC[C@]4(C)C3=CC[C@]12C. The average molecular weight is 491 g/mol. The van der Waals surface area contributed by atoms with Crippen molar-refractivity contribution in [2.75, 3.05) is 7.11 Å². The molecule has 0 aromatic heterocycles. The minimum Gasteiger partial charge on any atom is -0.469 e. The molecule has 4 aliphatic carbocycles.